The van der Waals surface area contributed by atoms with E-state index in [-0.39, 0.29) is 5.95 Å². The Morgan fingerprint density at radius 3 is 2.62 bits per heavy atom. The van der Waals surface area contributed by atoms with Gasteiger partial charge in [0, 0.05) is 31.6 Å². The molecule has 0 amide bonds. The fourth-order valence-corrected chi connectivity index (χ4v) is 4.27. The average Bonchev–Trinajstić information content (AvgIpc) is 2.68. The number of hydrogen-bond donors (Lipinski definition) is 2. The third-order valence-corrected chi connectivity index (χ3v) is 5.98. The van der Waals surface area contributed by atoms with E-state index >= 15 is 0 Å². The molecule has 2 aromatic rings. The average molecular weight is 421 g/mol. The molecule has 9 heteroatoms. The zero-order chi connectivity index (χ0) is 21.0. The highest BCUT2D eigenvalue weighted by atomic mass is 35.5. The number of nitrogens with zero attached hydrogens (tertiary/aromatic N) is 5. The van der Waals surface area contributed by atoms with Crippen molar-refractivity contribution in [2.75, 3.05) is 51.9 Å². The Bertz CT molecular complexity index is 842. The smallest absolute Gasteiger partial charge is 0.335 e. The molecule has 8 nitrogen and oxygen atoms in total. The number of piperidine rings is 1. The molecule has 158 valence electrons. The Balaban J connectivity index is 1.90. The maximum absolute atomic E-state index is 6.24. The largest absolute Gasteiger partial charge is 0.495 e. The van der Waals surface area contributed by atoms with E-state index in [2.05, 4.69) is 41.2 Å². The van der Waals surface area contributed by atoms with Gasteiger partial charge in [0.2, 0.25) is 11.9 Å². The summed E-state index contributed by atoms with van der Waals surface area (Å²) in [5.41, 5.74) is 6.83. The molecule has 1 fully saturated rings. The van der Waals surface area contributed by atoms with Gasteiger partial charge in [0.05, 0.1) is 31.8 Å². The maximum atomic E-state index is 6.24. The van der Waals surface area contributed by atoms with Crippen LogP contribution in [0.3, 0.4) is 0 Å². The molecule has 0 aliphatic carbocycles. The van der Waals surface area contributed by atoms with Gasteiger partial charge in [-0.25, -0.2) is 0 Å². The summed E-state index contributed by atoms with van der Waals surface area (Å²) in [6.07, 6.45) is 3.25. The third kappa shape index (κ3) is 4.88. The minimum absolute atomic E-state index is 0.213. The number of rotatable bonds is 7. The summed E-state index contributed by atoms with van der Waals surface area (Å²) in [5.74, 6) is 1.95. The molecular formula is C20H31ClN7O+. The lowest BCUT2D eigenvalue weighted by atomic mass is 10.0. The van der Waals surface area contributed by atoms with Gasteiger partial charge >= 0.3 is 5.95 Å². The molecule has 3 N–H and O–H groups in total. The second-order valence-corrected chi connectivity index (χ2v) is 8.22. The van der Waals surface area contributed by atoms with Crippen molar-refractivity contribution < 1.29 is 4.74 Å². The number of methoxy groups -OCH3 is 1. The number of hydrogen-bond acceptors (Lipinski definition) is 7. The van der Waals surface area contributed by atoms with Crippen molar-refractivity contribution >= 4 is 35.1 Å². The number of ether oxygens (including phenoxy) is 1. The summed E-state index contributed by atoms with van der Waals surface area (Å²) in [4.78, 5) is 15.9. The normalized spacial score (nSPS) is 17.7. The van der Waals surface area contributed by atoms with Crippen molar-refractivity contribution in [1.29, 1.82) is 0 Å². The van der Waals surface area contributed by atoms with Gasteiger partial charge in [-0.15, -0.1) is 9.97 Å². The van der Waals surface area contributed by atoms with Crippen molar-refractivity contribution in [3.63, 3.8) is 0 Å². The van der Waals surface area contributed by atoms with Crippen LogP contribution in [0, 0.1) is 0 Å². The molecule has 1 aliphatic heterocycles. The highest BCUT2D eigenvalue weighted by Gasteiger charge is 2.39. The van der Waals surface area contributed by atoms with Crippen LogP contribution in [0.5, 0.6) is 5.75 Å². The number of nitrogens with one attached hydrogen (secondary N) is 1. The molecular weight excluding hydrogens is 390 g/mol. The molecule has 1 atom stereocenters. The number of aromatic nitrogens is 3. The van der Waals surface area contributed by atoms with Crippen LogP contribution < -0.4 is 20.3 Å². The second kappa shape index (κ2) is 9.11. The zero-order valence-corrected chi connectivity index (χ0v) is 18.4. The highest BCUT2D eigenvalue weighted by molar-refractivity contribution is 6.32. The van der Waals surface area contributed by atoms with E-state index in [1.807, 2.05) is 6.07 Å². The molecule has 0 saturated carbocycles. The van der Waals surface area contributed by atoms with Gasteiger partial charge in [-0.05, 0) is 31.7 Å². The van der Waals surface area contributed by atoms with E-state index in [0.717, 1.165) is 44.6 Å². The van der Waals surface area contributed by atoms with Crippen LogP contribution in [-0.2, 0) is 0 Å². The van der Waals surface area contributed by atoms with Crippen LogP contribution in [0.25, 0.3) is 0 Å². The topological polar surface area (TPSA) is 89.2 Å². The van der Waals surface area contributed by atoms with Gasteiger partial charge in [-0.2, -0.15) is 4.98 Å². The van der Waals surface area contributed by atoms with E-state index in [0.29, 0.717) is 33.2 Å². The summed E-state index contributed by atoms with van der Waals surface area (Å²) in [6.45, 7) is 5.30. The number of anilines is 3. The first-order valence-electron chi connectivity index (χ1n) is 10.0. The standard InChI is InChI=1S/C20H31ClN7O/c1-5-12-28(3,15-8-10-27(2)11-9-15)20-25-18(22)24-19(26-20)23-14-6-7-17(29-4)16(21)13-14/h6-7,13,15H,5,8-12H2,1-4H3,(H3,22,23,24,25,26)/q+1. The van der Waals surface area contributed by atoms with E-state index in [1.54, 1.807) is 19.2 Å². The van der Waals surface area contributed by atoms with Crippen LogP contribution in [0.15, 0.2) is 18.2 Å². The van der Waals surface area contributed by atoms with E-state index in [9.17, 15) is 0 Å². The van der Waals surface area contributed by atoms with E-state index < -0.39 is 0 Å². The first-order chi connectivity index (χ1) is 13.9. The third-order valence-electron chi connectivity index (χ3n) is 5.69. The highest BCUT2D eigenvalue weighted by Crippen LogP contribution is 2.31. The Kier molecular flexibility index (Phi) is 6.77. The lowest BCUT2D eigenvalue weighted by molar-refractivity contribution is 0.140. The molecule has 1 aromatic heterocycles. The summed E-state index contributed by atoms with van der Waals surface area (Å²) in [5, 5.41) is 3.71. The molecule has 1 unspecified atom stereocenters. The number of halogens is 1. The quantitative estimate of drug-likeness (QED) is 0.664. The Hall–Kier alpha value is -2.16. The summed E-state index contributed by atoms with van der Waals surface area (Å²) >= 11 is 6.24. The fourth-order valence-electron chi connectivity index (χ4n) is 4.01. The Labute approximate surface area is 177 Å². The number of likely N-dealkylation sites (tertiary alicyclic amines) is 1. The van der Waals surface area contributed by atoms with Gasteiger partial charge in [0.1, 0.15) is 5.75 Å². The van der Waals surface area contributed by atoms with Crippen LogP contribution in [0.2, 0.25) is 5.02 Å². The maximum Gasteiger partial charge on any atom is 0.335 e. The molecule has 3 rings (SSSR count). The first kappa shape index (κ1) is 21.5. The van der Waals surface area contributed by atoms with Crippen molar-refractivity contribution in [3.8, 4) is 5.75 Å². The summed E-state index contributed by atoms with van der Waals surface area (Å²) < 4.78 is 5.87. The number of nitrogen functional groups attached to an aromatic ring is 1. The fraction of sp³-hybridized carbons (Fsp3) is 0.550. The lowest BCUT2D eigenvalue weighted by Crippen LogP contribution is -2.58. The van der Waals surface area contributed by atoms with Gasteiger partial charge in [-0.3, -0.25) is 4.48 Å². The monoisotopic (exact) mass is 420 g/mol. The van der Waals surface area contributed by atoms with Crippen LogP contribution >= 0.6 is 11.6 Å². The molecule has 1 aliphatic rings. The predicted octanol–water partition coefficient (Wildman–Crippen LogP) is 3.30. The van der Waals surface area contributed by atoms with Crippen molar-refractivity contribution in [3.05, 3.63) is 23.2 Å². The SMILES string of the molecule is CCC[N+](C)(c1nc(N)nc(Nc2ccc(OC)c(Cl)c2)n1)C1CCN(C)CC1. The van der Waals surface area contributed by atoms with Crippen molar-refractivity contribution in [1.82, 2.24) is 24.3 Å². The van der Waals surface area contributed by atoms with Crippen LogP contribution in [-0.4, -0.2) is 66.7 Å². The molecule has 1 saturated heterocycles. The van der Waals surface area contributed by atoms with Crippen molar-refractivity contribution in [2.45, 2.75) is 32.2 Å². The summed E-state index contributed by atoms with van der Waals surface area (Å²) in [7, 11) is 5.97. The lowest BCUT2D eigenvalue weighted by Gasteiger charge is -2.42. The Morgan fingerprint density at radius 1 is 1.28 bits per heavy atom. The molecule has 1 aromatic carbocycles. The van der Waals surface area contributed by atoms with Crippen molar-refractivity contribution in [2.24, 2.45) is 0 Å². The molecule has 29 heavy (non-hydrogen) atoms. The van der Waals surface area contributed by atoms with Gasteiger partial charge in [0.25, 0.3) is 0 Å². The molecule has 0 radical (unpaired) electrons. The second-order valence-electron chi connectivity index (χ2n) is 7.82. The van der Waals surface area contributed by atoms with E-state index in [1.165, 1.54) is 0 Å². The van der Waals surface area contributed by atoms with Gasteiger partial charge in [0.15, 0.2) is 0 Å². The molecule has 2 heterocycles. The van der Waals surface area contributed by atoms with Gasteiger partial charge in [-0.1, -0.05) is 18.5 Å². The van der Waals surface area contributed by atoms with E-state index in [4.69, 9.17) is 27.1 Å². The minimum atomic E-state index is 0.213. The summed E-state index contributed by atoms with van der Waals surface area (Å²) in [6, 6.07) is 5.89. The minimum Gasteiger partial charge on any atom is -0.495 e. The van der Waals surface area contributed by atoms with Gasteiger partial charge < -0.3 is 20.7 Å². The molecule has 0 bridgehead atoms. The van der Waals surface area contributed by atoms with Crippen LogP contribution in [0.4, 0.5) is 23.5 Å². The Morgan fingerprint density at radius 2 is 2.00 bits per heavy atom. The number of benzene rings is 1. The zero-order valence-electron chi connectivity index (χ0n) is 17.7. The number of quaternary nitrogens is 1. The number of nitrogens with two attached hydrogens (primary N) is 1. The molecule has 0 spiro atoms. The first-order valence-corrected chi connectivity index (χ1v) is 10.4. The predicted molar refractivity (Wildman–Crippen MR) is 119 cm³/mol. The van der Waals surface area contributed by atoms with Crippen LogP contribution in [0.1, 0.15) is 26.2 Å².